The van der Waals surface area contributed by atoms with E-state index >= 15 is 0 Å². The second-order valence-corrected chi connectivity index (χ2v) is 4.83. The molecule has 1 fully saturated rings. The molecule has 0 N–H and O–H groups in total. The summed E-state index contributed by atoms with van der Waals surface area (Å²) in [4.78, 5) is 11.2. The summed E-state index contributed by atoms with van der Waals surface area (Å²) in [6, 6.07) is 0. The Morgan fingerprint density at radius 3 is 2.56 bits per heavy atom. The van der Waals surface area contributed by atoms with E-state index in [0.29, 0.717) is 18.1 Å². The van der Waals surface area contributed by atoms with Crippen LogP contribution in [-0.2, 0) is 14.3 Å². The van der Waals surface area contributed by atoms with Crippen molar-refractivity contribution >= 4 is 5.97 Å². The van der Waals surface area contributed by atoms with Gasteiger partial charge in [-0.25, -0.2) is 4.79 Å². The molecule has 0 saturated carbocycles. The van der Waals surface area contributed by atoms with Gasteiger partial charge in [0.25, 0.3) is 0 Å². The van der Waals surface area contributed by atoms with Crippen LogP contribution in [0.3, 0.4) is 0 Å². The fourth-order valence-electron chi connectivity index (χ4n) is 1.94. The molecular formula is C13H22O3. The molecule has 0 spiro atoms. The first-order valence-corrected chi connectivity index (χ1v) is 5.92. The van der Waals surface area contributed by atoms with Gasteiger partial charge in [0.1, 0.15) is 0 Å². The zero-order valence-corrected chi connectivity index (χ0v) is 10.5. The third kappa shape index (κ3) is 2.85. The monoisotopic (exact) mass is 226 g/mol. The van der Waals surface area contributed by atoms with Gasteiger partial charge in [0.2, 0.25) is 0 Å². The number of hydrogen-bond donors (Lipinski definition) is 0. The maximum Gasteiger partial charge on any atom is 0.333 e. The highest BCUT2D eigenvalue weighted by atomic mass is 16.5. The molecule has 16 heavy (non-hydrogen) atoms. The van der Waals surface area contributed by atoms with Gasteiger partial charge < -0.3 is 9.47 Å². The summed E-state index contributed by atoms with van der Waals surface area (Å²) in [7, 11) is 0. The van der Waals surface area contributed by atoms with E-state index in [-0.39, 0.29) is 11.4 Å². The molecule has 0 aromatic rings. The van der Waals surface area contributed by atoms with Gasteiger partial charge in [0.15, 0.2) is 0 Å². The molecule has 0 bridgehead atoms. The number of ether oxygens (including phenoxy) is 2. The number of carbonyl (C=O) groups is 1. The first-order valence-electron chi connectivity index (χ1n) is 5.92. The summed E-state index contributed by atoms with van der Waals surface area (Å²) < 4.78 is 10.4. The average Bonchev–Trinajstić information content (AvgIpc) is 2.20. The molecule has 1 aliphatic heterocycles. The lowest BCUT2D eigenvalue weighted by atomic mass is 9.71. The highest BCUT2D eigenvalue weighted by Gasteiger charge is 2.42. The van der Waals surface area contributed by atoms with Crippen molar-refractivity contribution in [3.63, 3.8) is 0 Å². The number of rotatable bonds is 6. The lowest BCUT2D eigenvalue weighted by Crippen LogP contribution is -2.48. The molecule has 1 aliphatic rings. The van der Waals surface area contributed by atoms with Crippen molar-refractivity contribution in [1.82, 2.24) is 0 Å². The molecule has 1 atom stereocenters. The zero-order chi connectivity index (χ0) is 12.2. The van der Waals surface area contributed by atoms with Crippen LogP contribution in [0, 0.1) is 11.3 Å². The summed E-state index contributed by atoms with van der Waals surface area (Å²) in [5.41, 5.74) is 0.687. The van der Waals surface area contributed by atoms with Crippen molar-refractivity contribution < 1.29 is 14.3 Å². The third-order valence-corrected chi connectivity index (χ3v) is 3.62. The van der Waals surface area contributed by atoms with Crippen molar-refractivity contribution in [3.8, 4) is 0 Å². The molecule has 0 aliphatic carbocycles. The van der Waals surface area contributed by atoms with Crippen LogP contribution >= 0.6 is 0 Å². The largest absolute Gasteiger partial charge is 0.462 e. The van der Waals surface area contributed by atoms with Crippen LogP contribution in [0.1, 0.15) is 33.6 Å². The molecule has 3 heteroatoms. The summed E-state index contributed by atoms with van der Waals surface area (Å²) >= 11 is 0. The minimum atomic E-state index is -0.292. The van der Waals surface area contributed by atoms with Crippen molar-refractivity contribution in [2.45, 2.75) is 33.6 Å². The molecule has 1 rings (SSSR count). The van der Waals surface area contributed by atoms with Gasteiger partial charge in [-0.1, -0.05) is 26.8 Å². The quantitative estimate of drug-likeness (QED) is 0.516. The first-order chi connectivity index (χ1) is 7.52. The van der Waals surface area contributed by atoms with Crippen LogP contribution < -0.4 is 0 Å². The molecule has 0 amide bonds. The van der Waals surface area contributed by atoms with Gasteiger partial charge in [0, 0.05) is 11.0 Å². The summed E-state index contributed by atoms with van der Waals surface area (Å²) in [6.45, 7) is 11.7. The predicted molar refractivity (Wildman–Crippen MR) is 63.1 cm³/mol. The van der Waals surface area contributed by atoms with Gasteiger partial charge in [0.05, 0.1) is 19.8 Å². The normalized spacial score (nSPS) is 19.7. The van der Waals surface area contributed by atoms with Crippen molar-refractivity contribution in [1.29, 1.82) is 0 Å². The third-order valence-electron chi connectivity index (χ3n) is 3.62. The standard InChI is InChI=1S/C13H22O3/c1-5-11(4)13(8-15-9-13)6-7-16-12(14)10(2)3/h11H,2,5-9H2,1,3-4H3. The molecule has 0 aromatic carbocycles. The van der Waals surface area contributed by atoms with Crippen LogP contribution in [0.25, 0.3) is 0 Å². The molecule has 1 saturated heterocycles. The molecule has 0 aromatic heterocycles. The molecule has 0 radical (unpaired) electrons. The van der Waals surface area contributed by atoms with Crippen molar-refractivity contribution in [3.05, 3.63) is 12.2 Å². The highest BCUT2D eigenvalue weighted by Crippen LogP contribution is 2.40. The van der Waals surface area contributed by atoms with Crippen LogP contribution in [0.4, 0.5) is 0 Å². The van der Waals surface area contributed by atoms with Gasteiger partial charge in [-0.2, -0.15) is 0 Å². The smallest absolute Gasteiger partial charge is 0.333 e. The summed E-state index contributed by atoms with van der Waals surface area (Å²) in [5, 5.41) is 0. The average molecular weight is 226 g/mol. The second kappa shape index (κ2) is 5.48. The van der Waals surface area contributed by atoms with Crippen LogP contribution in [-0.4, -0.2) is 25.8 Å². The Labute approximate surface area is 97.8 Å². The Balaban J connectivity index is 2.35. The SMILES string of the molecule is C=C(C)C(=O)OCCC1(C(C)CC)COC1. The number of carbonyl (C=O) groups excluding carboxylic acids is 1. The Morgan fingerprint density at radius 2 is 2.19 bits per heavy atom. The Bertz CT molecular complexity index is 266. The molecule has 92 valence electrons. The van der Waals surface area contributed by atoms with Gasteiger partial charge in [-0.3, -0.25) is 0 Å². The van der Waals surface area contributed by atoms with Gasteiger partial charge in [-0.15, -0.1) is 0 Å². The maximum atomic E-state index is 11.2. The summed E-state index contributed by atoms with van der Waals surface area (Å²) in [5.74, 6) is 0.323. The Morgan fingerprint density at radius 1 is 1.56 bits per heavy atom. The molecule has 1 unspecified atom stereocenters. The summed E-state index contributed by atoms with van der Waals surface area (Å²) in [6.07, 6.45) is 2.03. The van der Waals surface area contributed by atoms with E-state index in [4.69, 9.17) is 9.47 Å². The van der Waals surface area contributed by atoms with E-state index in [9.17, 15) is 4.79 Å². The van der Waals surface area contributed by atoms with E-state index < -0.39 is 0 Å². The molecule has 3 nitrogen and oxygen atoms in total. The lowest BCUT2D eigenvalue weighted by molar-refractivity contribution is -0.161. The molecule has 1 heterocycles. The zero-order valence-electron chi connectivity index (χ0n) is 10.5. The van der Waals surface area contributed by atoms with Crippen molar-refractivity contribution in [2.24, 2.45) is 11.3 Å². The minimum absolute atomic E-state index is 0.226. The Hall–Kier alpha value is -0.830. The Kier molecular flexibility index (Phi) is 4.54. The van der Waals surface area contributed by atoms with E-state index in [1.165, 1.54) is 0 Å². The highest BCUT2D eigenvalue weighted by molar-refractivity contribution is 5.86. The lowest BCUT2D eigenvalue weighted by Gasteiger charge is -2.46. The minimum Gasteiger partial charge on any atom is -0.462 e. The number of hydrogen-bond acceptors (Lipinski definition) is 3. The van der Waals surface area contributed by atoms with E-state index in [0.717, 1.165) is 26.1 Å². The van der Waals surface area contributed by atoms with Gasteiger partial charge >= 0.3 is 5.97 Å². The van der Waals surface area contributed by atoms with Crippen molar-refractivity contribution in [2.75, 3.05) is 19.8 Å². The predicted octanol–water partition coefficient (Wildman–Crippen LogP) is 2.56. The van der Waals surface area contributed by atoms with E-state index in [1.54, 1.807) is 6.92 Å². The first kappa shape index (κ1) is 13.2. The van der Waals surface area contributed by atoms with E-state index in [1.807, 2.05) is 0 Å². The fourth-order valence-corrected chi connectivity index (χ4v) is 1.94. The van der Waals surface area contributed by atoms with Crippen LogP contribution in [0.5, 0.6) is 0 Å². The fraction of sp³-hybridized carbons (Fsp3) is 0.769. The second-order valence-electron chi connectivity index (χ2n) is 4.83. The van der Waals surface area contributed by atoms with Gasteiger partial charge in [-0.05, 0) is 19.3 Å². The number of esters is 1. The van der Waals surface area contributed by atoms with Crippen LogP contribution in [0.15, 0.2) is 12.2 Å². The topological polar surface area (TPSA) is 35.5 Å². The maximum absolute atomic E-state index is 11.2. The van der Waals surface area contributed by atoms with E-state index in [2.05, 4.69) is 20.4 Å². The van der Waals surface area contributed by atoms with Crippen LogP contribution in [0.2, 0.25) is 0 Å². The molecular weight excluding hydrogens is 204 g/mol.